The van der Waals surface area contributed by atoms with Gasteiger partial charge in [-0.1, -0.05) is 26.8 Å². The Labute approximate surface area is 109 Å². The molecule has 0 saturated carbocycles. The van der Waals surface area contributed by atoms with Gasteiger partial charge in [-0.25, -0.2) is 4.79 Å². The Kier molecular flexibility index (Phi) is 6.36. The summed E-state index contributed by atoms with van der Waals surface area (Å²) in [5.41, 5.74) is 0.427. The molecule has 0 N–H and O–H groups in total. The molecule has 1 fully saturated rings. The summed E-state index contributed by atoms with van der Waals surface area (Å²) in [5.74, 6) is -0.335. The second kappa shape index (κ2) is 7.54. The van der Waals surface area contributed by atoms with Gasteiger partial charge in [0.25, 0.3) is 0 Å². The molecule has 0 bridgehead atoms. The number of carbonyl (C=O) groups excluding carboxylic acids is 1. The van der Waals surface area contributed by atoms with Gasteiger partial charge in [-0.05, 0) is 19.8 Å². The molecule has 0 aliphatic carbocycles. The molecule has 3 atom stereocenters. The van der Waals surface area contributed by atoms with Crippen LogP contribution in [0.2, 0.25) is 0 Å². The predicted octanol–water partition coefficient (Wildman–Crippen LogP) is 2.47. The van der Waals surface area contributed by atoms with E-state index in [0.717, 1.165) is 25.9 Å². The molecular formula is C14H24O4. The maximum Gasteiger partial charge on any atom is 0.333 e. The van der Waals surface area contributed by atoms with E-state index in [-0.39, 0.29) is 24.3 Å². The summed E-state index contributed by atoms with van der Waals surface area (Å²) >= 11 is 0. The van der Waals surface area contributed by atoms with Crippen LogP contribution in [0.15, 0.2) is 12.2 Å². The Morgan fingerprint density at radius 2 is 2.11 bits per heavy atom. The van der Waals surface area contributed by atoms with E-state index in [2.05, 4.69) is 13.5 Å². The summed E-state index contributed by atoms with van der Waals surface area (Å²) in [7, 11) is 0. The van der Waals surface area contributed by atoms with Gasteiger partial charge in [-0.2, -0.15) is 0 Å². The van der Waals surface area contributed by atoms with E-state index in [1.807, 2.05) is 6.92 Å². The van der Waals surface area contributed by atoms with Crippen LogP contribution in [0.3, 0.4) is 0 Å². The highest BCUT2D eigenvalue weighted by molar-refractivity contribution is 5.87. The van der Waals surface area contributed by atoms with Crippen molar-refractivity contribution in [1.82, 2.24) is 0 Å². The Morgan fingerprint density at radius 3 is 2.56 bits per heavy atom. The zero-order chi connectivity index (χ0) is 13.5. The summed E-state index contributed by atoms with van der Waals surface area (Å²) in [4.78, 5) is 11.6. The van der Waals surface area contributed by atoms with Crippen LogP contribution in [-0.2, 0) is 19.0 Å². The minimum Gasteiger partial charge on any atom is -0.456 e. The lowest BCUT2D eigenvalue weighted by molar-refractivity contribution is -0.154. The van der Waals surface area contributed by atoms with Crippen LogP contribution >= 0.6 is 0 Å². The lowest BCUT2D eigenvalue weighted by Crippen LogP contribution is -2.34. The number of hydrogen-bond donors (Lipinski definition) is 0. The van der Waals surface area contributed by atoms with E-state index in [1.165, 1.54) is 0 Å². The SMILES string of the molecule is C=C(C)C(=O)OC(CCC)C(CC)OCC1CO1. The van der Waals surface area contributed by atoms with Crippen LogP contribution < -0.4 is 0 Å². The van der Waals surface area contributed by atoms with Gasteiger partial charge in [0, 0.05) is 5.57 Å². The highest BCUT2D eigenvalue weighted by atomic mass is 16.6. The monoisotopic (exact) mass is 256 g/mol. The average molecular weight is 256 g/mol. The molecule has 0 spiro atoms. The first-order chi connectivity index (χ1) is 8.58. The molecule has 104 valence electrons. The van der Waals surface area contributed by atoms with Gasteiger partial charge in [0.05, 0.1) is 19.3 Å². The average Bonchev–Trinajstić information content (AvgIpc) is 3.13. The van der Waals surface area contributed by atoms with E-state index < -0.39 is 0 Å². The summed E-state index contributed by atoms with van der Waals surface area (Å²) in [6.07, 6.45) is 2.57. The molecule has 1 rings (SSSR count). The van der Waals surface area contributed by atoms with Crippen LogP contribution in [-0.4, -0.2) is 37.5 Å². The van der Waals surface area contributed by atoms with Gasteiger partial charge >= 0.3 is 5.97 Å². The molecule has 4 heteroatoms. The molecule has 1 aliphatic rings. The first-order valence-corrected chi connectivity index (χ1v) is 6.68. The Hall–Kier alpha value is -0.870. The first-order valence-electron chi connectivity index (χ1n) is 6.68. The maximum atomic E-state index is 11.6. The van der Waals surface area contributed by atoms with E-state index in [1.54, 1.807) is 6.92 Å². The minimum atomic E-state index is -0.335. The minimum absolute atomic E-state index is 0.0579. The standard InChI is InChI=1S/C14H24O4/c1-5-7-13(18-14(15)10(3)4)12(6-2)17-9-11-8-16-11/h11-13H,3,5-9H2,1-2,4H3. The lowest BCUT2D eigenvalue weighted by atomic mass is 10.1. The van der Waals surface area contributed by atoms with Gasteiger partial charge in [0.2, 0.25) is 0 Å². The van der Waals surface area contributed by atoms with Crippen molar-refractivity contribution < 1.29 is 19.0 Å². The molecule has 18 heavy (non-hydrogen) atoms. The van der Waals surface area contributed by atoms with Gasteiger partial charge < -0.3 is 14.2 Å². The Bertz CT molecular complexity index is 284. The number of esters is 1. The van der Waals surface area contributed by atoms with Crippen LogP contribution in [0, 0.1) is 0 Å². The Balaban J connectivity index is 2.48. The third-order valence-electron chi connectivity index (χ3n) is 2.90. The number of rotatable bonds is 9. The lowest BCUT2D eigenvalue weighted by Gasteiger charge is -2.26. The van der Waals surface area contributed by atoms with Gasteiger partial charge in [-0.15, -0.1) is 0 Å². The van der Waals surface area contributed by atoms with Crippen molar-refractivity contribution in [2.75, 3.05) is 13.2 Å². The van der Waals surface area contributed by atoms with E-state index in [0.29, 0.717) is 12.2 Å². The summed E-state index contributed by atoms with van der Waals surface area (Å²) < 4.78 is 16.3. The smallest absolute Gasteiger partial charge is 0.333 e. The van der Waals surface area contributed by atoms with Gasteiger partial charge in [0.15, 0.2) is 0 Å². The Morgan fingerprint density at radius 1 is 1.44 bits per heavy atom. The highest BCUT2D eigenvalue weighted by Gasteiger charge is 2.28. The molecule has 0 radical (unpaired) electrons. The summed E-state index contributed by atoms with van der Waals surface area (Å²) in [5, 5.41) is 0. The van der Waals surface area contributed by atoms with Crippen LogP contribution in [0.4, 0.5) is 0 Å². The van der Waals surface area contributed by atoms with Crippen molar-refractivity contribution >= 4 is 5.97 Å². The van der Waals surface area contributed by atoms with Crippen molar-refractivity contribution in [3.63, 3.8) is 0 Å². The number of carbonyl (C=O) groups is 1. The molecule has 0 amide bonds. The molecular weight excluding hydrogens is 232 g/mol. The van der Waals surface area contributed by atoms with Crippen LogP contribution in [0.25, 0.3) is 0 Å². The van der Waals surface area contributed by atoms with Crippen molar-refractivity contribution in [2.24, 2.45) is 0 Å². The molecule has 3 unspecified atom stereocenters. The maximum absolute atomic E-state index is 11.6. The first kappa shape index (κ1) is 15.2. The quantitative estimate of drug-likeness (QED) is 0.361. The third kappa shape index (κ3) is 5.19. The summed E-state index contributed by atoms with van der Waals surface area (Å²) in [6, 6.07) is 0. The normalized spacial score (nSPS) is 21.2. The predicted molar refractivity (Wildman–Crippen MR) is 69.4 cm³/mol. The van der Waals surface area contributed by atoms with Crippen LogP contribution in [0.5, 0.6) is 0 Å². The van der Waals surface area contributed by atoms with Crippen molar-refractivity contribution in [2.45, 2.75) is 58.3 Å². The molecule has 0 aromatic carbocycles. The zero-order valence-electron chi connectivity index (χ0n) is 11.6. The summed E-state index contributed by atoms with van der Waals surface area (Å²) in [6.45, 7) is 10.7. The largest absolute Gasteiger partial charge is 0.456 e. The molecule has 1 aliphatic heterocycles. The highest BCUT2D eigenvalue weighted by Crippen LogP contribution is 2.18. The second-order valence-electron chi connectivity index (χ2n) is 4.75. The fraction of sp³-hybridized carbons (Fsp3) is 0.786. The molecule has 0 aromatic rings. The van der Waals surface area contributed by atoms with Gasteiger partial charge in [0.1, 0.15) is 12.2 Å². The zero-order valence-corrected chi connectivity index (χ0v) is 11.6. The molecule has 0 aromatic heterocycles. The number of epoxide rings is 1. The third-order valence-corrected chi connectivity index (χ3v) is 2.90. The molecule has 4 nitrogen and oxygen atoms in total. The van der Waals surface area contributed by atoms with E-state index in [4.69, 9.17) is 14.2 Å². The van der Waals surface area contributed by atoms with E-state index >= 15 is 0 Å². The fourth-order valence-corrected chi connectivity index (χ4v) is 1.73. The fourth-order valence-electron chi connectivity index (χ4n) is 1.73. The molecule has 1 saturated heterocycles. The number of hydrogen-bond acceptors (Lipinski definition) is 4. The van der Waals surface area contributed by atoms with Crippen molar-refractivity contribution in [1.29, 1.82) is 0 Å². The van der Waals surface area contributed by atoms with Crippen molar-refractivity contribution in [3.05, 3.63) is 12.2 Å². The van der Waals surface area contributed by atoms with E-state index in [9.17, 15) is 4.79 Å². The molecule has 1 heterocycles. The number of ether oxygens (including phenoxy) is 3. The second-order valence-corrected chi connectivity index (χ2v) is 4.75. The van der Waals surface area contributed by atoms with Gasteiger partial charge in [-0.3, -0.25) is 0 Å². The topological polar surface area (TPSA) is 48.1 Å². The van der Waals surface area contributed by atoms with Crippen molar-refractivity contribution in [3.8, 4) is 0 Å². The van der Waals surface area contributed by atoms with Crippen LogP contribution in [0.1, 0.15) is 40.0 Å².